The van der Waals surface area contributed by atoms with Crippen LogP contribution in [0.25, 0.3) is 11.1 Å². The number of amides is 1. The van der Waals surface area contributed by atoms with Crippen molar-refractivity contribution >= 4 is 11.7 Å². The summed E-state index contributed by atoms with van der Waals surface area (Å²) < 4.78 is 12.9. The second-order valence-corrected chi connectivity index (χ2v) is 6.23. The molecule has 1 aliphatic rings. The van der Waals surface area contributed by atoms with E-state index in [1.54, 1.807) is 23.2 Å². The first-order valence-electron chi connectivity index (χ1n) is 6.97. The zero-order valence-corrected chi connectivity index (χ0v) is 12.1. The lowest BCUT2D eigenvalue weighted by Gasteiger charge is -2.18. The highest BCUT2D eigenvalue weighted by Gasteiger charge is 2.36. The quantitative estimate of drug-likeness (QED) is 0.843. The van der Waals surface area contributed by atoms with Crippen molar-refractivity contribution in [2.45, 2.75) is 20.3 Å². The average molecular weight is 284 g/mol. The molecule has 0 unspecified atom stereocenters. The third-order valence-corrected chi connectivity index (χ3v) is 3.72. The van der Waals surface area contributed by atoms with Crippen molar-refractivity contribution in [3.05, 3.63) is 48.4 Å². The van der Waals surface area contributed by atoms with Crippen LogP contribution < -0.4 is 4.90 Å². The zero-order chi connectivity index (χ0) is 15.0. The summed E-state index contributed by atoms with van der Waals surface area (Å²) in [5, 5.41) is 0. The van der Waals surface area contributed by atoms with Crippen LogP contribution >= 0.6 is 0 Å². The number of hydrogen-bond acceptors (Lipinski definition) is 2. The van der Waals surface area contributed by atoms with Crippen LogP contribution in [-0.4, -0.2) is 17.4 Å². The summed E-state index contributed by atoms with van der Waals surface area (Å²) in [6.45, 7) is 4.85. The molecule has 1 amide bonds. The van der Waals surface area contributed by atoms with Gasteiger partial charge in [0.2, 0.25) is 5.91 Å². The minimum Gasteiger partial charge on any atom is -0.296 e. The van der Waals surface area contributed by atoms with Crippen LogP contribution in [0.2, 0.25) is 0 Å². The number of carbonyl (C=O) groups is 1. The number of rotatable bonds is 2. The first kappa shape index (κ1) is 13.7. The topological polar surface area (TPSA) is 33.2 Å². The molecule has 0 spiro atoms. The largest absolute Gasteiger partial charge is 0.296 e. The number of halogens is 1. The van der Waals surface area contributed by atoms with Crippen LogP contribution in [0.1, 0.15) is 20.3 Å². The SMILES string of the molecule is CC1(C)CC(=O)N(c2ccc(-c3ccc(F)cc3)cn2)C1. The predicted molar refractivity (Wildman–Crippen MR) is 80.4 cm³/mol. The van der Waals surface area contributed by atoms with Gasteiger partial charge >= 0.3 is 0 Å². The fourth-order valence-electron chi connectivity index (χ4n) is 2.64. The lowest BCUT2D eigenvalue weighted by atomic mass is 9.93. The van der Waals surface area contributed by atoms with Gasteiger partial charge in [0.1, 0.15) is 11.6 Å². The molecule has 108 valence electrons. The molecule has 1 aromatic heterocycles. The Hall–Kier alpha value is -2.23. The molecular formula is C17H17FN2O. The highest BCUT2D eigenvalue weighted by atomic mass is 19.1. The molecule has 0 N–H and O–H groups in total. The molecule has 0 saturated carbocycles. The average Bonchev–Trinajstić information content (AvgIpc) is 2.73. The van der Waals surface area contributed by atoms with E-state index in [4.69, 9.17) is 0 Å². The second-order valence-electron chi connectivity index (χ2n) is 6.23. The Kier molecular flexibility index (Phi) is 3.24. The van der Waals surface area contributed by atoms with E-state index in [1.807, 2.05) is 12.1 Å². The molecule has 0 radical (unpaired) electrons. The van der Waals surface area contributed by atoms with Gasteiger partial charge in [0.05, 0.1) is 0 Å². The summed E-state index contributed by atoms with van der Waals surface area (Å²) in [5.74, 6) is 0.534. The van der Waals surface area contributed by atoms with Gasteiger partial charge in [0.15, 0.2) is 0 Å². The van der Waals surface area contributed by atoms with Crippen LogP contribution in [-0.2, 0) is 4.79 Å². The van der Waals surface area contributed by atoms with E-state index in [-0.39, 0.29) is 17.1 Å². The standard InChI is InChI=1S/C17H17FN2O/c1-17(2)9-16(21)20(11-17)15-8-5-13(10-19-15)12-3-6-14(18)7-4-12/h3-8,10H,9,11H2,1-2H3. The third kappa shape index (κ3) is 2.79. The van der Waals surface area contributed by atoms with Gasteiger partial charge < -0.3 is 0 Å². The maximum Gasteiger partial charge on any atom is 0.228 e. The molecule has 1 fully saturated rings. The second kappa shape index (κ2) is 4.95. The van der Waals surface area contributed by atoms with Crippen LogP contribution in [0.15, 0.2) is 42.6 Å². The Morgan fingerprint density at radius 3 is 2.29 bits per heavy atom. The number of pyridine rings is 1. The fourth-order valence-corrected chi connectivity index (χ4v) is 2.64. The van der Waals surface area contributed by atoms with E-state index < -0.39 is 0 Å². The number of benzene rings is 1. The van der Waals surface area contributed by atoms with Crippen molar-refractivity contribution in [2.75, 3.05) is 11.4 Å². The van der Waals surface area contributed by atoms with Crippen molar-refractivity contribution < 1.29 is 9.18 Å². The lowest BCUT2D eigenvalue weighted by molar-refractivity contribution is -0.117. The van der Waals surface area contributed by atoms with E-state index in [9.17, 15) is 9.18 Å². The van der Waals surface area contributed by atoms with Gasteiger partial charge in [-0.25, -0.2) is 9.37 Å². The summed E-state index contributed by atoms with van der Waals surface area (Å²) >= 11 is 0. The number of nitrogens with zero attached hydrogens (tertiary/aromatic N) is 2. The van der Waals surface area contributed by atoms with E-state index in [0.29, 0.717) is 18.8 Å². The zero-order valence-electron chi connectivity index (χ0n) is 12.1. The van der Waals surface area contributed by atoms with Gasteiger partial charge in [-0.15, -0.1) is 0 Å². The van der Waals surface area contributed by atoms with Crippen molar-refractivity contribution in [3.8, 4) is 11.1 Å². The maximum absolute atomic E-state index is 12.9. The summed E-state index contributed by atoms with van der Waals surface area (Å²) in [4.78, 5) is 18.1. The number of carbonyl (C=O) groups excluding carboxylic acids is 1. The van der Waals surface area contributed by atoms with Gasteiger partial charge in [0, 0.05) is 24.7 Å². The number of aromatic nitrogens is 1. The monoisotopic (exact) mass is 284 g/mol. The molecule has 1 saturated heterocycles. The van der Waals surface area contributed by atoms with Crippen LogP contribution in [0.5, 0.6) is 0 Å². The normalized spacial score (nSPS) is 17.3. The van der Waals surface area contributed by atoms with Crippen molar-refractivity contribution in [1.29, 1.82) is 0 Å². The first-order chi connectivity index (χ1) is 9.94. The first-order valence-corrected chi connectivity index (χ1v) is 6.97. The van der Waals surface area contributed by atoms with Crippen molar-refractivity contribution in [3.63, 3.8) is 0 Å². The molecule has 0 atom stereocenters. The van der Waals surface area contributed by atoms with Gasteiger partial charge in [-0.2, -0.15) is 0 Å². The molecular weight excluding hydrogens is 267 g/mol. The molecule has 3 rings (SSSR count). The number of anilines is 1. The summed E-state index contributed by atoms with van der Waals surface area (Å²) in [6.07, 6.45) is 2.27. The van der Waals surface area contributed by atoms with Crippen LogP contribution in [0, 0.1) is 11.2 Å². The van der Waals surface area contributed by atoms with Gasteiger partial charge in [-0.1, -0.05) is 26.0 Å². The molecule has 2 aromatic rings. The Morgan fingerprint density at radius 2 is 1.76 bits per heavy atom. The smallest absolute Gasteiger partial charge is 0.228 e. The molecule has 4 heteroatoms. The van der Waals surface area contributed by atoms with E-state index >= 15 is 0 Å². The van der Waals surface area contributed by atoms with Crippen LogP contribution in [0.3, 0.4) is 0 Å². The van der Waals surface area contributed by atoms with Gasteiger partial charge in [0.25, 0.3) is 0 Å². The summed E-state index contributed by atoms with van der Waals surface area (Å²) in [7, 11) is 0. The molecule has 0 aliphatic carbocycles. The van der Waals surface area contributed by atoms with Crippen LogP contribution in [0.4, 0.5) is 10.2 Å². The summed E-state index contributed by atoms with van der Waals surface area (Å²) in [6, 6.07) is 10.0. The fraction of sp³-hybridized carbons (Fsp3) is 0.294. The highest BCUT2D eigenvalue weighted by Crippen LogP contribution is 2.33. The molecule has 1 aliphatic heterocycles. The Morgan fingerprint density at radius 1 is 1.10 bits per heavy atom. The molecule has 2 heterocycles. The van der Waals surface area contributed by atoms with E-state index in [1.165, 1.54) is 12.1 Å². The van der Waals surface area contributed by atoms with Crippen molar-refractivity contribution in [2.24, 2.45) is 5.41 Å². The lowest BCUT2D eigenvalue weighted by Crippen LogP contribution is -2.26. The Bertz CT molecular complexity index is 662. The molecule has 3 nitrogen and oxygen atoms in total. The molecule has 21 heavy (non-hydrogen) atoms. The Balaban J connectivity index is 1.85. The minimum atomic E-state index is -0.256. The Labute approximate surface area is 123 Å². The number of hydrogen-bond donors (Lipinski definition) is 0. The molecule has 1 aromatic carbocycles. The predicted octanol–water partition coefficient (Wildman–Crippen LogP) is 3.65. The third-order valence-electron chi connectivity index (χ3n) is 3.72. The van der Waals surface area contributed by atoms with Crippen molar-refractivity contribution in [1.82, 2.24) is 4.98 Å². The molecule has 0 bridgehead atoms. The minimum absolute atomic E-state index is 0.00556. The van der Waals surface area contributed by atoms with E-state index in [0.717, 1.165) is 11.1 Å². The van der Waals surface area contributed by atoms with Gasteiger partial charge in [-0.3, -0.25) is 9.69 Å². The summed E-state index contributed by atoms with van der Waals surface area (Å²) in [5.41, 5.74) is 1.81. The highest BCUT2D eigenvalue weighted by molar-refractivity contribution is 5.95. The maximum atomic E-state index is 12.9. The van der Waals surface area contributed by atoms with Gasteiger partial charge in [-0.05, 0) is 35.2 Å². The van der Waals surface area contributed by atoms with E-state index in [2.05, 4.69) is 18.8 Å².